The summed E-state index contributed by atoms with van der Waals surface area (Å²) in [4.78, 5) is 17.7. The lowest BCUT2D eigenvalue weighted by Gasteiger charge is -2.10. The summed E-state index contributed by atoms with van der Waals surface area (Å²) in [7, 11) is 0. The van der Waals surface area contributed by atoms with E-state index < -0.39 is 0 Å². The smallest absolute Gasteiger partial charge is 0.263 e. The Balaban J connectivity index is 1.75. The van der Waals surface area contributed by atoms with Gasteiger partial charge in [0.05, 0.1) is 5.69 Å². The monoisotopic (exact) mass is 329 g/mol. The molecule has 1 amide bonds. The molecule has 0 saturated heterocycles. The van der Waals surface area contributed by atoms with Crippen LogP contribution < -0.4 is 11.1 Å². The fourth-order valence-corrected chi connectivity index (χ4v) is 3.83. The van der Waals surface area contributed by atoms with Crippen molar-refractivity contribution >= 4 is 17.2 Å². The number of thiazole rings is 1. The van der Waals surface area contributed by atoms with Gasteiger partial charge in [-0.15, -0.1) is 11.3 Å². The second-order valence-electron chi connectivity index (χ2n) is 6.46. The zero-order valence-electron chi connectivity index (χ0n) is 13.8. The molecule has 1 aromatic heterocycles. The fourth-order valence-electron chi connectivity index (χ4n) is 2.76. The zero-order chi connectivity index (χ0) is 16.6. The minimum absolute atomic E-state index is 0.0629. The summed E-state index contributed by atoms with van der Waals surface area (Å²) < 4.78 is 0. The molecule has 122 valence electrons. The predicted octanol–water partition coefficient (Wildman–Crippen LogP) is 3.20. The molecular formula is C18H23N3OS. The molecule has 1 atom stereocenters. The summed E-state index contributed by atoms with van der Waals surface area (Å²) in [5.41, 5.74) is 10.3. The maximum atomic E-state index is 12.4. The van der Waals surface area contributed by atoms with Crippen molar-refractivity contribution in [2.24, 2.45) is 11.7 Å². The van der Waals surface area contributed by atoms with Crippen LogP contribution in [-0.2, 0) is 0 Å². The molecule has 1 aliphatic carbocycles. The lowest BCUT2D eigenvalue weighted by molar-refractivity contribution is 0.0953. The zero-order valence-corrected chi connectivity index (χ0v) is 14.7. The van der Waals surface area contributed by atoms with Gasteiger partial charge in [0.2, 0.25) is 0 Å². The first kappa shape index (κ1) is 16.1. The van der Waals surface area contributed by atoms with Crippen molar-refractivity contribution in [2.75, 3.05) is 6.54 Å². The third kappa shape index (κ3) is 3.62. The molecule has 3 rings (SSSR count). The molecule has 1 aromatic carbocycles. The van der Waals surface area contributed by atoms with E-state index in [2.05, 4.69) is 42.3 Å². The van der Waals surface area contributed by atoms with Crippen molar-refractivity contribution in [3.05, 3.63) is 39.9 Å². The number of hydrogen-bond acceptors (Lipinski definition) is 4. The SMILES string of the molecule is Cc1ccc(-c2nc(C)c(C(=O)NCC(N)C3CC3)s2)c(C)c1. The summed E-state index contributed by atoms with van der Waals surface area (Å²) in [5, 5.41) is 3.86. The van der Waals surface area contributed by atoms with Crippen LogP contribution in [0.3, 0.4) is 0 Å². The van der Waals surface area contributed by atoms with Crippen LogP contribution in [0.15, 0.2) is 18.2 Å². The van der Waals surface area contributed by atoms with E-state index in [1.165, 1.54) is 35.3 Å². The van der Waals surface area contributed by atoms with Crippen molar-refractivity contribution in [1.29, 1.82) is 0 Å². The average Bonchev–Trinajstić information content (AvgIpc) is 3.28. The molecule has 0 aliphatic heterocycles. The summed E-state index contributed by atoms with van der Waals surface area (Å²) in [6.07, 6.45) is 2.38. The summed E-state index contributed by atoms with van der Waals surface area (Å²) in [5.74, 6) is 0.524. The van der Waals surface area contributed by atoms with Crippen molar-refractivity contribution < 1.29 is 4.79 Å². The van der Waals surface area contributed by atoms with Crippen LogP contribution in [0.5, 0.6) is 0 Å². The number of carbonyl (C=O) groups excluding carboxylic acids is 1. The Morgan fingerprint density at radius 3 is 2.78 bits per heavy atom. The molecule has 1 aliphatic rings. The van der Waals surface area contributed by atoms with Gasteiger partial charge >= 0.3 is 0 Å². The van der Waals surface area contributed by atoms with E-state index in [0.29, 0.717) is 17.3 Å². The highest BCUT2D eigenvalue weighted by atomic mass is 32.1. The van der Waals surface area contributed by atoms with Crippen LogP contribution >= 0.6 is 11.3 Å². The van der Waals surface area contributed by atoms with Crippen molar-refractivity contribution in [1.82, 2.24) is 10.3 Å². The molecule has 3 N–H and O–H groups in total. The van der Waals surface area contributed by atoms with E-state index in [-0.39, 0.29) is 11.9 Å². The van der Waals surface area contributed by atoms with Crippen LogP contribution in [0.1, 0.15) is 39.3 Å². The third-order valence-corrected chi connectivity index (χ3v) is 5.53. The predicted molar refractivity (Wildman–Crippen MR) is 94.8 cm³/mol. The molecule has 0 radical (unpaired) electrons. The van der Waals surface area contributed by atoms with Gasteiger partial charge in [-0.2, -0.15) is 0 Å². The highest BCUT2D eigenvalue weighted by Crippen LogP contribution is 2.32. The first-order valence-electron chi connectivity index (χ1n) is 8.04. The minimum atomic E-state index is -0.0629. The second-order valence-corrected chi connectivity index (χ2v) is 7.46. The van der Waals surface area contributed by atoms with E-state index >= 15 is 0 Å². The van der Waals surface area contributed by atoms with Gasteiger partial charge in [-0.25, -0.2) is 4.98 Å². The maximum absolute atomic E-state index is 12.4. The van der Waals surface area contributed by atoms with E-state index in [4.69, 9.17) is 5.73 Å². The number of amides is 1. The standard InChI is InChI=1S/C18H23N3OS/c1-10-4-7-14(11(2)8-10)18-21-12(3)16(23-18)17(22)20-9-15(19)13-5-6-13/h4,7-8,13,15H,5-6,9,19H2,1-3H3,(H,20,22). The summed E-state index contributed by atoms with van der Waals surface area (Å²) in [6.45, 7) is 6.58. The lowest BCUT2D eigenvalue weighted by atomic mass is 10.1. The minimum Gasteiger partial charge on any atom is -0.350 e. The molecule has 1 saturated carbocycles. The molecule has 0 bridgehead atoms. The Morgan fingerprint density at radius 1 is 1.39 bits per heavy atom. The Hall–Kier alpha value is -1.72. The first-order valence-corrected chi connectivity index (χ1v) is 8.86. The Kier molecular flexibility index (Phi) is 4.50. The molecule has 2 aromatic rings. The van der Waals surface area contributed by atoms with E-state index in [9.17, 15) is 4.79 Å². The molecule has 5 heteroatoms. The van der Waals surface area contributed by atoms with Gasteiger partial charge in [0.1, 0.15) is 9.88 Å². The van der Waals surface area contributed by atoms with Gasteiger partial charge in [-0.1, -0.05) is 23.8 Å². The number of nitrogens with two attached hydrogens (primary N) is 1. The highest BCUT2D eigenvalue weighted by Gasteiger charge is 2.29. The Labute approximate surface area is 141 Å². The quantitative estimate of drug-likeness (QED) is 0.885. The van der Waals surface area contributed by atoms with Crippen molar-refractivity contribution in [3.63, 3.8) is 0 Å². The lowest BCUT2D eigenvalue weighted by Crippen LogP contribution is -2.38. The number of rotatable bonds is 5. The third-order valence-electron chi connectivity index (χ3n) is 4.34. The van der Waals surface area contributed by atoms with Gasteiger partial charge in [0, 0.05) is 18.2 Å². The van der Waals surface area contributed by atoms with Crippen LogP contribution in [-0.4, -0.2) is 23.5 Å². The van der Waals surface area contributed by atoms with Gasteiger partial charge in [-0.05, 0) is 45.1 Å². The summed E-state index contributed by atoms with van der Waals surface area (Å²) >= 11 is 1.45. The number of nitrogens with zero attached hydrogens (tertiary/aromatic N) is 1. The number of nitrogens with one attached hydrogen (secondary N) is 1. The molecule has 1 unspecified atom stereocenters. The van der Waals surface area contributed by atoms with Crippen molar-refractivity contribution in [3.8, 4) is 10.6 Å². The Bertz CT molecular complexity index is 734. The molecule has 1 fully saturated rings. The topological polar surface area (TPSA) is 68.0 Å². The average molecular weight is 329 g/mol. The highest BCUT2D eigenvalue weighted by molar-refractivity contribution is 7.17. The van der Waals surface area contributed by atoms with Crippen LogP contribution in [0.2, 0.25) is 0 Å². The van der Waals surface area contributed by atoms with Gasteiger partial charge in [-0.3, -0.25) is 4.79 Å². The van der Waals surface area contributed by atoms with Gasteiger partial charge in [0.15, 0.2) is 0 Å². The summed E-state index contributed by atoms with van der Waals surface area (Å²) in [6, 6.07) is 6.37. The number of hydrogen-bond donors (Lipinski definition) is 2. The number of aromatic nitrogens is 1. The van der Waals surface area contributed by atoms with E-state index in [1.54, 1.807) is 0 Å². The largest absolute Gasteiger partial charge is 0.350 e. The molecule has 1 heterocycles. The first-order chi connectivity index (χ1) is 11.0. The van der Waals surface area contributed by atoms with Crippen LogP contribution in [0.4, 0.5) is 0 Å². The molecule has 0 spiro atoms. The maximum Gasteiger partial charge on any atom is 0.263 e. The van der Waals surface area contributed by atoms with E-state index in [0.717, 1.165) is 16.3 Å². The molecular weight excluding hydrogens is 306 g/mol. The molecule has 4 nitrogen and oxygen atoms in total. The Morgan fingerprint density at radius 2 is 2.13 bits per heavy atom. The van der Waals surface area contributed by atoms with Crippen LogP contribution in [0, 0.1) is 26.7 Å². The molecule has 23 heavy (non-hydrogen) atoms. The van der Waals surface area contributed by atoms with E-state index in [1.807, 2.05) is 6.92 Å². The van der Waals surface area contributed by atoms with Gasteiger partial charge in [0.25, 0.3) is 5.91 Å². The number of carbonyl (C=O) groups is 1. The van der Waals surface area contributed by atoms with Crippen molar-refractivity contribution in [2.45, 2.75) is 39.7 Å². The number of benzene rings is 1. The fraction of sp³-hybridized carbons (Fsp3) is 0.444. The number of aryl methyl sites for hydroxylation is 3. The second kappa shape index (κ2) is 6.42. The van der Waals surface area contributed by atoms with Gasteiger partial charge < -0.3 is 11.1 Å². The normalized spacial score (nSPS) is 15.5. The van der Waals surface area contributed by atoms with Crippen LogP contribution in [0.25, 0.3) is 10.6 Å².